The Balaban J connectivity index is 2.06. The first-order chi connectivity index (χ1) is 10.7. The maximum atomic E-state index is 11.5. The fourth-order valence-corrected chi connectivity index (χ4v) is 3.59. The molecule has 1 aromatic rings. The molecule has 0 aromatic carbocycles. The van der Waals surface area contributed by atoms with Crippen LogP contribution in [-0.2, 0) is 11.2 Å². The van der Waals surface area contributed by atoms with E-state index in [4.69, 9.17) is 10.5 Å². The van der Waals surface area contributed by atoms with Crippen LogP contribution in [0.15, 0.2) is 6.07 Å². The summed E-state index contributed by atoms with van der Waals surface area (Å²) in [6.07, 6.45) is 14.4. The van der Waals surface area contributed by atoms with Crippen molar-refractivity contribution in [1.82, 2.24) is 0 Å². The number of anilines is 1. The van der Waals surface area contributed by atoms with Crippen molar-refractivity contribution < 1.29 is 9.53 Å². The summed E-state index contributed by atoms with van der Waals surface area (Å²) in [5.41, 5.74) is 6.38. The van der Waals surface area contributed by atoms with E-state index in [0.717, 1.165) is 6.42 Å². The minimum atomic E-state index is -0.330. The SMILES string of the molecule is CCCCCCCCCCCCc1cc(C(=O)OC)c(N)s1. The van der Waals surface area contributed by atoms with Crippen molar-refractivity contribution in [2.45, 2.75) is 77.6 Å². The van der Waals surface area contributed by atoms with Crippen molar-refractivity contribution in [2.24, 2.45) is 0 Å². The summed E-state index contributed by atoms with van der Waals surface area (Å²) in [6.45, 7) is 2.26. The number of esters is 1. The highest BCUT2D eigenvalue weighted by molar-refractivity contribution is 7.16. The molecule has 0 atom stereocenters. The fourth-order valence-electron chi connectivity index (χ4n) is 2.64. The van der Waals surface area contributed by atoms with E-state index in [1.807, 2.05) is 6.07 Å². The first kappa shape index (κ1) is 19.0. The third-order valence-electron chi connectivity index (χ3n) is 3.99. The molecule has 0 spiro atoms. The second kappa shape index (κ2) is 11.5. The smallest absolute Gasteiger partial charge is 0.340 e. The van der Waals surface area contributed by atoms with Gasteiger partial charge in [0.1, 0.15) is 5.00 Å². The van der Waals surface area contributed by atoms with Gasteiger partial charge in [-0.1, -0.05) is 64.7 Å². The van der Waals surface area contributed by atoms with Crippen molar-refractivity contribution in [1.29, 1.82) is 0 Å². The maximum absolute atomic E-state index is 11.5. The van der Waals surface area contributed by atoms with Gasteiger partial charge in [0.2, 0.25) is 0 Å². The van der Waals surface area contributed by atoms with Crippen LogP contribution in [0.1, 0.15) is 86.4 Å². The van der Waals surface area contributed by atoms with Gasteiger partial charge in [0.05, 0.1) is 12.7 Å². The molecular weight excluding hydrogens is 294 g/mol. The molecule has 0 saturated heterocycles. The van der Waals surface area contributed by atoms with Crippen LogP contribution in [0.5, 0.6) is 0 Å². The molecule has 4 heteroatoms. The molecule has 2 N–H and O–H groups in total. The number of aryl methyl sites for hydroxylation is 1. The first-order valence-corrected chi connectivity index (χ1v) is 9.47. The molecule has 1 rings (SSSR count). The Morgan fingerprint density at radius 2 is 1.59 bits per heavy atom. The number of unbranched alkanes of at least 4 members (excludes halogenated alkanes) is 9. The van der Waals surface area contributed by atoms with Crippen molar-refractivity contribution in [3.05, 3.63) is 16.5 Å². The molecule has 126 valence electrons. The third kappa shape index (κ3) is 7.30. The summed E-state index contributed by atoms with van der Waals surface area (Å²) in [5, 5.41) is 0.578. The van der Waals surface area contributed by atoms with Crippen molar-refractivity contribution in [2.75, 3.05) is 12.8 Å². The standard InChI is InChI=1S/C18H31NO2S/c1-3-4-5-6-7-8-9-10-11-12-13-15-14-16(17(19)22-15)18(20)21-2/h14H,3-13,19H2,1-2H3. The lowest BCUT2D eigenvalue weighted by Gasteiger charge is -2.01. The van der Waals surface area contributed by atoms with Crippen LogP contribution < -0.4 is 5.73 Å². The quantitative estimate of drug-likeness (QED) is 0.403. The zero-order chi connectivity index (χ0) is 16.2. The van der Waals surface area contributed by atoms with E-state index in [2.05, 4.69) is 6.92 Å². The first-order valence-electron chi connectivity index (χ1n) is 8.65. The van der Waals surface area contributed by atoms with Gasteiger partial charge >= 0.3 is 5.97 Å². The van der Waals surface area contributed by atoms with E-state index >= 15 is 0 Å². The van der Waals surface area contributed by atoms with Gasteiger partial charge in [0, 0.05) is 4.88 Å². The van der Waals surface area contributed by atoms with Crippen LogP contribution in [0.25, 0.3) is 0 Å². The van der Waals surface area contributed by atoms with Crippen LogP contribution >= 0.6 is 11.3 Å². The summed E-state index contributed by atoms with van der Waals surface area (Å²) < 4.78 is 4.72. The summed E-state index contributed by atoms with van der Waals surface area (Å²) >= 11 is 1.51. The van der Waals surface area contributed by atoms with E-state index in [-0.39, 0.29) is 5.97 Å². The van der Waals surface area contributed by atoms with Gasteiger partial charge in [-0.25, -0.2) is 4.79 Å². The van der Waals surface area contributed by atoms with Crippen LogP contribution in [-0.4, -0.2) is 13.1 Å². The Morgan fingerprint density at radius 3 is 2.14 bits per heavy atom. The summed E-state index contributed by atoms with van der Waals surface area (Å²) in [6, 6.07) is 1.89. The monoisotopic (exact) mass is 325 g/mol. The Morgan fingerprint density at radius 1 is 1.05 bits per heavy atom. The van der Waals surface area contributed by atoms with Gasteiger partial charge in [0.25, 0.3) is 0 Å². The largest absolute Gasteiger partial charge is 0.465 e. The average Bonchev–Trinajstić information content (AvgIpc) is 2.89. The Labute approximate surface area is 139 Å². The van der Waals surface area contributed by atoms with Crippen molar-refractivity contribution in [3.8, 4) is 0 Å². The molecule has 0 bridgehead atoms. The number of thiophene rings is 1. The number of hydrogen-bond donors (Lipinski definition) is 1. The predicted octanol–water partition coefficient (Wildman–Crippen LogP) is 5.58. The molecule has 1 aromatic heterocycles. The van der Waals surface area contributed by atoms with E-state index in [0.29, 0.717) is 10.6 Å². The number of nitrogens with two attached hydrogens (primary N) is 1. The van der Waals surface area contributed by atoms with Gasteiger partial charge in [-0.05, 0) is 18.9 Å². The van der Waals surface area contributed by atoms with E-state index in [1.54, 1.807) is 0 Å². The normalized spacial score (nSPS) is 10.8. The fraction of sp³-hybridized carbons (Fsp3) is 0.722. The Bertz CT molecular complexity index is 429. The molecule has 22 heavy (non-hydrogen) atoms. The third-order valence-corrected chi connectivity index (χ3v) is 5.02. The van der Waals surface area contributed by atoms with Gasteiger partial charge in [-0.2, -0.15) is 0 Å². The molecule has 0 aliphatic heterocycles. The molecule has 1 heterocycles. The lowest BCUT2D eigenvalue weighted by atomic mass is 10.1. The highest BCUT2D eigenvalue weighted by Crippen LogP contribution is 2.27. The Hall–Kier alpha value is -1.03. The lowest BCUT2D eigenvalue weighted by Crippen LogP contribution is -2.01. The van der Waals surface area contributed by atoms with Crippen LogP contribution in [0.3, 0.4) is 0 Å². The van der Waals surface area contributed by atoms with Crippen LogP contribution in [0.4, 0.5) is 5.00 Å². The van der Waals surface area contributed by atoms with Gasteiger partial charge in [-0.15, -0.1) is 11.3 Å². The summed E-state index contributed by atoms with van der Waals surface area (Å²) in [4.78, 5) is 12.7. The molecule has 0 radical (unpaired) electrons. The van der Waals surface area contributed by atoms with Crippen molar-refractivity contribution >= 4 is 22.3 Å². The lowest BCUT2D eigenvalue weighted by molar-refractivity contribution is 0.0602. The summed E-state index contributed by atoms with van der Waals surface area (Å²) in [5.74, 6) is -0.330. The highest BCUT2D eigenvalue weighted by atomic mass is 32.1. The average molecular weight is 326 g/mol. The summed E-state index contributed by atoms with van der Waals surface area (Å²) in [7, 11) is 1.39. The molecule has 0 aliphatic rings. The van der Waals surface area contributed by atoms with Crippen LogP contribution in [0.2, 0.25) is 0 Å². The predicted molar refractivity (Wildman–Crippen MR) is 95.6 cm³/mol. The molecule has 0 aliphatic carbocycles. The molecule has 0 fully saturated rings. The van der Waals surface area contributed by atoms with E-state index in [1.165, 1.54) is 87.5 Å². The zero-order valence-corrected chi connectivity index (χ0v) is 15.0. The number of ether oxygens (including phenoxy) is 1. The van der Waals surface area contributed by atoms with Crippen LogP contribution in [0, 0.1) is 0 Å². The van der Waals surface area contributed by atoms with Gasteiger partial charge in [0.15, 0.2) is 0 Å². The zero-order valence-electron chi connectivity index (χ0n) is 14.2. The number of carbonyl (C=O) groups excluding carboxylic acids is 1. The minimum Gasteiger partial charge on any atom is -0.465 e. The number of hydrogen-bond acceptors (Lipinski definition) is 4. The van der Waals surface area contributed by atoms with Gasteiger partial charge in [-0.3, -0.25) is 0 Å². The number of nitrogen functional groups attached to an aromatic ring is 1. The topological polar surface area (TPSA) is 52.3 Å². The highest BCUT2D eigenvalue weighted by Gasteiger charge is 2.13. The van der Waals surface area contributed by atoms with Crippen molar-refractivity contribution in [3.63, 3.8) is 0 Å². The maximum Gasteiger partial charge on any atom is 0.340 e. The van der Waals surface area contributed by atoms with E-state index < -0.39 is 0 Å². The van der Waals surface area contributed by atoms with E-state index in [9.17, 15) is 4.79 Å². The minimum absolute atomic E-state index is 0.330. The molecule has 3 nitrogen and oxygen atoms in total. The molecule has 0 unspecified atom stereocenters. The number of rotatable bonds is 12. The molecular formula is C18H31NO2S. The second-order valence-corrected chi connectivity index (χ2v) is 7.08. The number of carbonyl (C=O) groups is 1. The molecule has 0 amide bonds. The molecule has 0 saturated carbocycles. The Kier molecular flexibility index (Phi) is 9.96. The van der Waals surface area contributed by atoms with Gasteiger partial charge < -0.3 is 10.5 Å². The second-order valence-electron chi connectivity index (χ2n) is 5.91. The number of methoxy groups -OCH3 is 1.